The van der Waals surface area contributed by atoms with Crippen molar-refractivity contribution in [2.75, 3.05) is 7.05 Å². The average Bonchev–Trinajstić information content (AvgIpc) is 2.50. The predicted octanol–water partition coefficient (Wildman–Crippen LogP) is 5.11. The molecule has 0 aliphatic carbocycles. The van der Waals surface area contributed by atoms with Crippen molar-refractivity contribution >= 4 is 11.6 Å². The summed E-state index contributed by atoms with van der Waals surface area (Å²) in [6, 6.07) is 10.4. The highest BCUT2D eigenvalue weighted by Crippen LogP contribution is 2.29. The Kier molecular flexibility index (Phi) is 5.21. The maximum absolute atomic E-state index is 14.1. The molecule has 0 spiro atoms. The highest BCUT2D eigenvalue weighted by atomic mass is 35.5. The Hall–Kier alpha value is -1.58. The van der Waals surface area contributed by atoms with Gasteiger partial charge in [0.15, 0.2) is 11.6 Å². The van der Waals surface area contributed by atoms with Gasteiger partial charge in [-0.3, -0.25) is 0 Å². The Balaban J connectivity index is 2.24. The lowest BCUT2D eigenvalue weighted by Gasteiger charge is -2.13. The molecule has 2 aromatic carbocycles. The Morgan fingerprint density at radius 2 is 2.00 bits per heavy atom. The summed E-state index contributed by atoms with van der Waals surface area (Å²) < 4.78 is 19.7. The second-order valence-corrected chi connectivity index (χ2v) is 5.32. The van der Waals surface area contributed by atoms with E-state index in [2.05, 4.69) is 5.32 Å². The van der Waals surface area contributed by atoms with Crippen molar-refractivity contribution in [3.63, 3.8) is 0 Å². The van der Waals surface area contributed by atoms with E-state index in [1.54, 1.807) is 18.2 Å². The van der Waals surface area contributed by atoms with Crippen LogP contribution in [0, 0.1) is 5.82 Å². The maximum Gasteiger partial charge on any atom is 0.166 e. The zero-order valence-electron chi connectivity index (χ0n) is 12.4. The normalized spacial score (nSPS) is 12.2. The van der Waals surface area contributed by atoms with Crippen molar-refractivity contribution < 1.29 is 9.13 Å². The van der Waals surface area contributed by atoms with E-state index >= 15 is 0 Å². The van der Waals surface area contributed by atoms with Gasteiger partial charge in [-0.2, -0.15) is 0 Å². The second-order valence-electron chi connectivity index (χ2n) is 4.91. The highest BCUT2D eigenvalue weighted by Gasteiger charge is 2.10. The molecule has 1 atom stereocenters. The first-order chi connectivity index (χ1) is 10.0. The average molecular weight is 308 g/mol. The Morgan fingerprint density at radius 3 is 2.62 bits per heavy atom. The largest absolute Gasteiger partial charge is 0.454 e. The second kappa shape index (κ2) is 6.92. The Labute approximate surface area is 129 Å². The zero-order valence-corrected chi connectivity index (χ0v) is 13.2. The summed E-state index contributed by atoms with van der Waals surface area (Å²) in [5.74, 6) is 0.429. The molecular formula is C17H19ClFNO. The Bertz CT molecular complexity index is 630. The van der Waals surface area contributed by atoms with Crippen LogP contribution in [0.2, 0.25) is 5.02 Å². The van der Waals surface area contributed by atoms with Crippen LogP contribution in [0.1, 0.15) is 31.0 Å². The number of hydrogen-bond donors (Lipinski definition) is 1. The standard InChI is InChI=1S/C17H19ClFNO/c1-4-12-9-14(6-7-15(12)18)21-17-8-5-13(10-16(17)19)11(2)20-3/h5-11,20H,4H2,1-3H3. The van der Waals surface area contributed by atoms with Gasteiger partial charge >= 0.3 is 0 Å². The number of aryl methyl sites for hydroxylation is 1. The number of nitrogens with one attached hydrogen (secondary N) is 1. The molecule has 0 saturated heterocycles. The molecule has 2 aromatic rings. The predicted molar refractivity (Wildman–Crippen MR) is 84.8 cm³/mol. The van der Waals surface area contributed by atoms with Gasteiger partial charge in [-0.1, -0.05) is 24.6 Å². The molecule has 1 unspecified atom stereocenters. The van der Waals surface area contributed by atoms with Gasteiger partial charge in [-0.25, -0.2) is 4.39 Å². The number of benzene rings is 2. The van der Waals surface area contributed by atoms with Gasteiger partial charge in [0.05, 0.1) is 0 Å². The van der Waals surface area contributed by atoms with Crippen molar-refractivity contribution in [3.8, 4) is 11.5 Å². The minimum Gasteiger partial charge on any atom is -0.454 e. The van der Waals surface area contributed by atoms with Crippen LogP contribution in [-0.4, -0.2) is 7.05 Å². The number of halogens is 2. The molecule has 0 heterocycles. The van der Waals surface area contributed by atoms with Gasteiger partial charge in [-0.05, 0) is 61.9 Å². The van der Waals surface area contributed by atoms with Crippen LogP contribution in [0.4, 0.5) is 4.39 Å². The summed E-state index contributed by atoms with van der Waals surface area (Å²) in [4.78, 5) is 0. The molecular weight excluding hydrogens is 289 g/mol. The minimum atomic E-state index is -0.373. The highest BCUT2D eigenvalue weighted by molar-refractivity contribution is 6.31. The number of ether oxygens (including phenoxy) is 1. The van der Waals surface area contributed by atoms with Crippen molar-refractivity contribution in [3.05, 3.63) is 58.4 Å². The molecule has 112 valence electrons. The van der Waals surface area contributed by atoms with E-state index < -0.39 is 0 Å². The van der Waals surface area contributed by atoms with Crippen LogP contribution >= 0.6 is 11.6 Å². The summed E-state index contributed by atoms with van der Waals surface area (Å²) in [6.45, 7) is 3.99. The lowest BCUT2D eigenvalue weighted by molar-refractivity contribution is 0.440. The van der Waals surface area contributed by atoms with E-state index in [4.69, 9.17) is 16.3 Å². The zero-order chi connectivity index (χ0) is 15.4. The van der Waals surface area contributed by atoms with E-state index in [1.165, 1.54) is 6.07 Å². The maximum atomic E-state index is 14.1. The van der Waals surface area contributed by atoms with E-state index in [1.807, 2.05) is 33.0 Å². The summed E-state index contributed by atoms with van der Waals surface area (Å²) >= 11 is 6.07. The molecule has 0 aliphatic rings. The fraction of sp³-hybridized carbons (Fsp3) is 0.294. The van der Waals surface area contributed by atoms with Gasteiger partial charge in [0.2, 0.25) is 0 Å². The lowest BCUT2D eigenvalue weighted by atomic mass is 10.1. The fourth-order valence-corrected chi connectivity index (χ4v) is 2.30. The Morgan fingerprint density at radius 1 is 1.24 bits per heavy atom. The summed E-state index contributed by atoms with van der Waals surface area (Å²) in [6.07, 6.45) is 0.803. The molecule has 2 rings (SSSR count). The summed E-state index contributed by atoms with van der Waals surface area (Å²) in [7, 11) is 1.84. The van der Waals surface area contributed by atoms with Crippen LogP contribution in [0.5, 0.6) is 11.5 Å². The molecule has 0 amide bonds. The van der Waals surface area contributed by atoms with Gasteiger partial charge in [0.25, 0.3) is 0 Å². The SMILES string of the molecule is CCc1cc(Oc2ccc(C(C)NC)cc2F)ccc1Cl. The van der Waals surface area contributed by atoms with Gasteiger partial charge < -0.3 is 10.1 Å². The van der Waals surface area contributed by atoms with Crippen LogP contribution in [0.15, 0.2) is 36.4 Å². The molecule has 2 nitrogen and oxygen atoms in total. The molecule has 0 bridgehead atoms. The first kappa shape index (κ1) is 15.8. The number of rotatable bonds is 5. The summed E-state index contributed by atoms with van der Waals surface area (Å²) in [5, 5.41) is 3.77. The van der Waals surface area contributed by atoms with Crippen molar-refractivity contribution in [1.29, 1.82) is 0 Å². The van der Waals surface area contributed by atoms with Crippen LogP contribution in [0.3, 0.4) is 0 Å². The van der Waals surface area contributed by atoms with Crippen LogP contribution in [-0.2, 0) is 6.42 Å². The molecule has 4 heteroatoms. The fourth-order valence-electron chi connectivity index (χ4n) is 2.05. The molecule has 0 radical (unpaired) electrons. The molecule has 21 heavy (non-hydrogen) atoms. The molecule has 0 fully saturated rings. The van der Waals surface area contributed by atoms with Gasteiger partial charge in [0, 0.05) is 11.1 Å². The smallest absolute Gasteiger partial charge is 0.166 e. The third-order valence-corrected chi connectivity index (χ3v) is 3.88. The van der Waals surface area contributed by atoms with Crippen LogP contribution in [0.25, 0.3) is 0 Å². The van der Waals surface area contributed by atoms with Crippen LogP contribution < -0.4 is 10.1 Å². The van der Waals surface area contributed by atoms with Crippen molar-refractivity contribution in [2.24, 2.45) is 0 Å². The first-order valence-corrected chi connectivity index (χ1v) is 7.36. The van der Waals surface area contributed by atoms with E-state index in [-0.39, 0.29) is 17.6 Å². The summed E-state index contributed by atoms with van der Waals surface area (Å²) in [5.41, 5.74) is 1.86. The van der Waals surface area contributed by atoms with Crippen molar-refractivity contribution in [2.45, 2.75) is 26.3 Å². The van der Waals surface area contributed by atoms with Crippen molar-refractivity contribution in [1.82, 2.24) is 5.32 Å². The van der Waals surface area contributed by atoms with Gasteiger partial charge in [0.1, 0.15) is 5.75 Å². The molecule has 0 aliphatic heterocycles. The third-order valence-electron chi connectivity index (χ3n) is 3.51. The van der Waals surface area contributed by atoms with E-state index in [0.29, 0.717) is 10.8 Å². The number of hydrogen-bond acceptors (Lipinski definition) is 2. The molecule has 0 aromatic heterocycles. The molecule has 1 N–H and O–H groups in total. The van der Waals surface area contributed by atoms with E-state index in [0.717, 1.165) is 17.5 Å². The van der Waals surface area contributed by atoms with Gasteiger partial charge in [-0.15, -0.1) is 0 Å². The lowest BCUT2D eigenvalue weighted by Crippen LogP contribution is -2.12. The first-order valence-electron chi connectivity index (χ1n) is 6.98. The third kappa shape index (κ3) is 3.74. The topological polar surface area (TPSA) is 21.3 Å². The monoisotopic (exact) mass is 307 g/mol. The minimum absolute atomic E-state index is 0.0933. The van der Waals surface area contributed by atoms with E-state index in [9.17, 15) is 4.39 Å². The molecule has 0 saturated carbocycles. The quantitative estimate of drug-likeness (QED) is 0.828.